The number of amides is 1. The van der Waals surface area contributed by atoms with Gasteiger partial charge in [-0.05, 0) is 17.7 Å². The van der Waals surface area contributed by atoms with Gasteiger partial charge in [-0.25, -0.2) is 8.78 Å². The largest absolute Gasteiger partial charge is 0.351 e. The van der Waals surface area contributed by atoms with Crippen LogP contribution in [0.25, 0.3) is 0 Å². The number of halogens is 5. The summed E-state index contributed by atoms with van der Waals surface area (Å²) in [7, 11) is 0. The molecule has 3 nitrogen and oxygen atoms in total. The summed E-state index contributed by atoms with van der Waals surface area (Å²) in [6.45, 7) is -0.286. The number of benzene rings is 1. The molecular formula is C12H13Cl3F2N2O. The Morgan fingerprint density at radius 1 is 1.45 bits per heavy atom. The third-order valence-corrected chi connectivity index (χ3v) is 3.48. The number of carbonyl (C=O) groups excluding carboxylic acids is 1. The van der Waals surface area contributed by atoms with Crippen LogP contribution in [-0.2, 0) is 11.3 Å². The van der Waals surface area contributed by atoms with Gasteiger partial charge >= 0.3 is 0 Å². The normalized spacial score (nSPS) is 20.3. The van der Waals surface area contributed by atoms with Gasteiger partial charge in [-0.2, -0.15) is 0 Å². The molecule has 1 aromatic carbocycles. The quantitative estimate of drug-likeness (QED) is 0.884. The van der Waals surface area contributed by atoms with Gasteiger partial charge < -0.3 is 5.32 Å². The van der Waals surface area contributed by atoms with E-state index < -0.39 is 30.8 Å². The van der Waals surface area contributed by atoms with Gasteiger partial charge in [0.15, 0.2) is 0 Å². The van der Waals surface area contributed by atoms with Crippen molar-refractivity contribution in [1.29, 1.82) is 0 Å². The van der Waals surface area contributed by atoms with Gasteiger partial charge in [-0.3, -0.25) is 10.1 Å². The lowest BCUT2D eigenvalue weighted by Crippen LogP contribution is -2.40. The zero-order chi connectivity index (χ0) is 14.0. The molecule has 1 atom stereocenters. The standard InChI is InChI=1S/C12H12Cl2F2N2O.ClH/c13-8-2-1-7(9(14)3-8)5-17-11(19)10-4-12(15,16)6-18-10;/h1-3,10,18H,4-6H2,(H,17,19);1H. The fourth-order valence-electron chi connectivity index (χ4n) is 1.87. The molecule has 0 aromatic heterocycles. The molecule has 1 unspecified atom stereocenters. The van der Waals surface area contributed by atoms with E-state index in [0.717, 1.165) is 0 Å². The highest BCUT2D eigenvalue weighted by Crippen LogP contribution is 2.25. The molecule has 1 aromatic rings. The number of hydrogen-bond acceptors (Lipinski definition) is 2. The van der Waals surface area contributed by atoms with Crippen molar-refractivity contribution in [2.24, 2.45) is 0 Å². The summed E-state index contributed by atoms with van der Waals surface area (Å²) in [5.74, 6) is -3.27. The highest BCUT2D eigenvalue weighted by Gasteiger charge is 2.42. The van der Waals surface area contributed by atoms with Crippen LogP contribution in [0.2, 0.25) is 10.0 Å². The van der Waals surface area contributed by atoms with Crippen LogP contribution in [0, 0.1) is 0 Å². The van der Waals surface area contributed by atoms with Crippen molar-refractivity contribution in [2.75, 3.05) is 6.54 Å². The Morgan fingerprint density at radius 2 is 2.15 bits per heavy atom. The van der Waals surface area contributed by atoms with Crippen LogP contribution in [0.5, 0.6) is 0 Å². The lowest BCUT2D eigenvalue weighted by molar-refractivity contribution is -0.123. The monoisotopic (exact) mass is 344 g/mol. The minimum atomic E-state index is -2.82. The molecule has 2 N–H and O–H groups in total. The van der Waals surface area contributed by atoms with E-state index in [9.17, 15) is 13.6 Å². The zero-order valence-electron chi connectivity index (χ0n) is 10.3. The summed E-state index contributed by atoms with van der Waals surface area (Å²) < 4.78 is 25.9. The van der Waals surface area contributed by atoms with Crippen molar-refractivity contribution in [3.05, 3.63) is 33.8 Å². The van der Waals surface area contributed by atoms with Gasteiger partial charge in [0.2, 0.25) is 5.91 Å². The molecule has 0 aliphatic carbocycles. The Kier molecular flexibility index (Phi) is 6.01. The first-order valence-corrected chi connectivity index (χ1v) is 6.46. The molecule has 20 heavy (non-hydrogen) atoms. The summed E-state index contributed by atoms with van der Waals surface area (Å²) in [5.41, 5.74) is 0.684. The Hall–Kier alpha value is -0.620. The van der Waals surface area contributed by atoms with E-state index in [2.05, 4.69) is 10.6 Å². The van der Waals surface area contributed by atoms with Crippen molar-refractivity contribution < 1.29 is 13.6 Å². The molecule has 1 aliphatic heterocycles. The predicted molar refractivity (Wildman–Crippen MR) is 76.9 cm³/mol. The summed E-state index contributed by atoms with van der Waals surface area (Å²) >= 11 is 11.7. The fourth-order valence-corrected chi connectivity index (χ4v) is 2.35. The highest BCUT2D eigenvalue weighted by atomic mass is 35.5. The minimum Gasteiger partial charge on any atom is -0.351 e. The molecule has 0 bridgehead atoms. The summed E-state index contributed by atoms with van der Waals surface area (Å²) in [4.78, 5) is 11.7. The fraction of sp³-hybridized carbons (Fsp3) is 0.417. The Labute approximate surface area is 131 Å². The number of alkyl halides is 2. The molecule has 8 heteroatoms. The number of nitrogens with one attached hydrogen (secondary N) is 2. The third-order valence-electron chi connectivity index (χ3n) is 2.89. The van der Waals surface area contributed by atoms with Crippen LogP contribution >= 0.6 is 35.6 Å². The smallest absolute Gasteiger partial charge is 0.262 e. The van der Waals surface area contributed by atoms with Crippen LogP contribution in [-0.4, -0.2) is 24.4 Å². The van der Waals surface area contributed by atoms with Crippen molar-refractivity contribution in [1.82, 2.24) is 10.6 Å². The predicted octanol–water partition coefficient (Wildman–Crippen LogP) is 3.03. The van der Waals surface area contributed by atoms with Crippen molar-refractivity contribution >= 4 is 41.5 Å². The first kappa shape index (κ1) is 17.4. The van der Waals surface area contributed by atoms with E-state index in [1.165, 1.54) is 0 Å². The van der Waals surface area contributed by atoms with E-state index in [-0.39, 0.29) is 19.0 Å². The maximum atomic E-state index is 12.9. The Bertz CT molecular complexity index is 500. The van der Waals surface area contributed by atoms with E-state index in [1.54, 1.807) is 18.2 Å². The van der Waals surface area contributed by atoms with Crippen molar-refractivity contribution in [2.45, 2.75) is 24.9 Å². The second kappa shape index (κ2) is 6.89. The van der Waals surface area contributed by atoms with E-state index >= 15 is 0 Å². The number of rotatable bonds is 3. The Balaban J connectivity index is 0.00000200. The molecule has 0 spiro atoms. The lowest BCUT2D eigenvalue weighted by atomic mass is 10.1. The molecule has 1 aliphatic rings. The molecule has 0 saturated carbocycles. The van der Waals surface area contributed by atoms with E-state index in [1.807, 2.05) is 0 Å². The maximum Gasteiger partial charge on any atom is 0.262 e. The van der Waals surface area contributed by atoms with Gasteiger partial charge in [0.05, 0.1) is 12.6 Å². The van der Waals surface area contributed by atoms with Crippen LogP contribution in [0.15, 0.2) is 18.2 Å². The molecule has 2 rings (SSSR count). The van der Waals surface area contributed by atoms with E-state index in [0.29, 0.717) is 15.6 Å². The topological polar surface area (TPSA) is 41.1 Å². The van der Waals surface area contributed by atoms with Crippen molar-refractivity contribution in [3.8, 4) is 0 Å². The average molecular weight is 346 g/mol. The zero-order valence-corrected chi connectivity index (χ0v) is 12.6. The van der Waals surface area contributed by atoms with Crippen LogP contribution in [0.1, 0.15) is 12.0 Å². The minimum absolute atomic E-state index is 0. The van der Waals surface area contributed by atoms with Gasteiger partial charge in [-0.15, -0.1) is 12.4 Å². The Morgan fingerprint density at radius 3 is 2.70 bits per heavy atom. The van der Waals surface area contributed by atoms with Gasteiger partial charge in [0, 0.05) is 23.0 Å². The first-order valence-electron chi connectivity index (χ1n) is 5.70. The molecule has 1 fully saturated rings. The van der Waals surface area contributed by atoms with Gasteiger partial charge in [-0.1, -0.05) is 29.3 Å². The highest BCUT2D eigenvalue weighted by molar-refractivity contribution is 6.35. The lowest BCUT2D eigenvalue weighted by Gasteiger charge is -2.12. The first-order chi connectivity index (χ1) is 8.87. The molecule has 1 amide bonds. The second-order valence-corrected chi connectivity index (χ2v) is 5.29. The molecule has 0 radical (unpaired) electrons. The van der Waals surface area contributed by atoms with Crippen LogP contribution in [0.4, 0.5) is 8.78 Å². The summed E-state index contributed by atoms with van der Waals surface area (Å²) in [6, 6.07) is 4.03. The SMILES string of the molecule is Cl.O=C(NCc1ccc(Cl)cc1Cl)C1CC(F)(F)CN1. The summed E-state index contributed by atoms with van der Waals surface area (Å²) in [6.07, 6.45) is -0.479. The molecule has 1 saturated heterocycles. The number of hydrogen-bond donors (Lipinski definition) is 2. The van der Waals surface area contributed by atoms with Crippen LogP contribution < -0.4 is 10.6 Å². The molecule has 1 heterocycles. The second-order valence-electron chi connectivity index (χ2n) is 4.45. The average Bonchev–Trinajstić information content (AvgIpc) is 2.68. The third kappa shape index (κ3) is 4.45. The maximum absolute atomic E-state index is 12.9. The number of carbonyl (C=O) groups is 1. The van der Waals surface area contributed by atoms with Gasteiger partial charge in [0.25, 0.3) is 5.92 Å². The van der Waals surface area contributed by atoms with Gasteiger partial charge in [0.1, 0.15) is 0 Å². The molecular weight excluding hydrogens is 333 g/mol. The van der Waals surface area contributed by atoms with Crippen LogP contribution in [0.3, 0.4) is 0 Å². The molecule has 112 valence electrons. The van der Waals surface area contributed by atoms with E-state index in [4.69, 9.17) is 23.2 Å². The van der Waals surface area contributed by atoms with Crippen molar-refractivity contribution in [3.63, 3.8) is 0 Å². The summed E-state index contributed by atoms with van der Waals surface area (Å²) in [5, 5.41) is 5.99.